The van der Waals surface area contributed by atoms with Crippen molar-refractivity contribution >= 4 is 21.1 Å². The molecule has 1 atom stereocenters. The van der Waals surface area contributed by atoms with Crippen LogP contribution in [0.4, 0.5) is 0 Å². The number of hydrogen-bond acceptors (Lipinski definition) is 1. The third-order valence-electron chi connectivity index (χ3n) is 11.4. The molecule has 3 heteroatoms. The summed E-state index contributed by atoms with van der Waals surface area (Å²) in [4.78, 5) is 2.63. The normalized spacial score (nSPS) is 25.2. The number of hydrogen-bond donors (Lipinski definition) is 0. The van der Waals surface area contributed by atoms with Crippen LogP contribution in [-0.2, 0) is 0 Å². The van der Waals surface area contributed by atoms with E-state index in [0.29, 0.717) is 6.04 Å². The largest absolute Gasteiger partial charge is 0.299 e. The maximum absolute atomic E-state index is 2.68. The standard InChI is InChI=1S/C38H59NP2/c1-39(2)38(35-27-17-29-37(35)41(32-22-11-5-12-23-32)33-24-13-6-14-25-33)34-26-15-16-28-36(34)40(30-18-7-3-8-19-30)31-20-9-4-10-21-31/h15-17,26,28-33,38H,3-14,18-25,27H2,1-2H3/t38-/m0/s1. The van der Waals surface area contributed by atoms with E-state index in [1.54, 1.807) is 5.56 Å². The van der Waals surface area contributed by atoms with Crippen molar-refractivity contribution in [3.63, 3.8) is 0 Å². The summed E-state index contributed by atoms with van der Waals surface area (Å²) in [6, 6.07) is 10.5. The Morgan fingerprint density at radius 1 is 0.585 bits per heavy atom. The third-order valence-corrected chi connectivity index (χ3v) is 18.6. The van der Waals surface area contributed by atoms with Crippen molar-refractivity contribution in [1.29, 1.82) is 0 Å². The van der Waals surface area contributed by atoms with Crippen LogP contribution in [0, 0.1) is 0 Å². The van der Waals surface area contributed by atoms with Crippen LogP contribution in [0.15, 0.2) is 47.3 Å². The maximum atomic E-state index is 2.68. The maximum Gasteiger partial charge on any atom is 0.0574 e. The van der Waals surface area contributed by atoms with Gasteiger partial charge in [0.05, 0.1) is 6.04 Å². The molecule has 5 aliphatic rings. The average molecular weight is 592 g/mol. The van der Waals surface area contributed by atoms with Crippen molar-refractivity contribution in [3.05, 3.63) is 52.9 Å². The summed E-state index contributed by atoms with van der Waals surface area (Å²) >= 11 is 0. The van der Waals surface area contributed by atoms with Crippen LogP contribution in [0.2, 0.25) is 0 Å². The van der Waals surface area contributed by atoms with Crippen LogP contribution < -0.4 is 5.30 Å². The van der Waals surface area contributed by atoms with Crippen LogP contribution in [0.5, 0.6) is 0 Å². The second-order valence-electron chi connectivity index (χ2n) is 14.4. The van der Waals surface area contributed by atoms with E-state index >= 15 is 0 Å². The quantitative estimate of drug-likeness (QED) is 0.258. The molecule has 4 fully saturated rings. The van der Waals surface area contributed by atoms with Crippen molar-refractivity contribution < 1.29 is 0 Å². The first kappa shape index (κ1) is 30.5. The molecular weight excluding hydrogens is 532 g/mol. The molecule has 0 radical (unpaired) electrons. The first-order chi connectivity index (χ1) is 20.2. The predicted molar refractivity (Wildman–Crippen MR) is 185 cm³/mol. The highest BCUT2D eigenvalue weighted by molar-refractivity contribution is 7.67. The third kappa shape index (κ3) is 7.10. The van der Waals surface area contributed by atoms with Gasteiger partial charge in [-0.1, -0.05) is 129 Å². The van der Waals surface area contributed by atoms with E-state index in [2.05, 4.69) is 55.4 Å². The zero-order chi connectivity index (χ0) is 28.0. The molecule has 5 aliphatic carbocycles. The number of benzene rings is 1. The van der Waals surface area contributed by atoms with E-state index in [9.17, 15) is 0 Å². The molecule has 0 heterocycles. The molecule has 0 amide bonds. The minimum atomic E-state index is -0.103. The summed E-state index contributed by atoms with van der Waals surface area (Å²) in [5, 5.41) is 3.69. The average Bonchev–Trinajstić information content (AvgIpc) is 3.49. The lowest BCUT2D eigenvalue weighted by atomic mass is 9.96. The number of rotatable bonds is 9. The molecule has 0 unspecified atom stereocenters. The zero-order valence-corrected chi connectivity index (χ0v) is 28.3. The van der Waals surface area contributed by atoms with Gasteiger partial charge in [-0.2, -0.15) is 0 Å². The Bertz CT molecular complexity index is 982. The Morgan fingerprint density at radius 3 is 1.49 bits per heavy atom. The topological polar surface area (TPSA) is 3.24 Å². The van der Waals surface area contributed by atoms with E-state index in [1.165, 1.54) is 135 Å². The summed E-state index contributed by atoms with van der Waals surface area (Å²) in [5.41, 5.74) is 7.40. The fraction of sp³-hybridized carbons (Fsp3) is 0.737. The van der Waals surface area contributed by atoms with Gasteiger partial charge in [0.1, 0.15) is 0 Å². The van der Waals surface area contributed by atoms with Crippen molar-refractivity contribution in [2.45, 2.75) is 164 Å². The Hall–Kier alpha value is -0.480. The molecule has 1 aromatic rings. The van der Waals surface area contributed by atoms with Crippen molar-refractivity contribution in [3.8, 4) is 0 Å². The molecule has 6 rings (SSSR count). The van der Waals surface area contributed by atoms with Crippen molar-refractivity contribution in [2.24, 2.45) is 0 Å². The van der Waals surface area contributed by atoms with Gasteiger partial charge < -0.3 is 0 Å². The van der Waals surface area contributed by atoms with Crippen LogP contribution in [0.25, 0.3) is 0 Å². The van der Waals surface area contributed by atoms with Crippen LogP contribution >= 0.6 is 15.8 Å². The Morgan fingerprint density at radius 2 is 1.02 bits per heavy atom. The lowest BCUT2D eigenvalue weighted by Crippen LogP contribution is -2.32. The molecular formula is C38H59NP2. The molecule has 41 heavy (non-hydrogen) atoms. The summed E-state index contributed by atoms with van der Waals surface area (Å²) < 4.78 is 0. The van der Waals surface area contributed by atoms with Crippen molar-refractivity contribution in [1.82, 2.24) is 4.90 Å². The fourth-order valence-corrected chi connectivity index (χ4v) is 17.6. The first-order valence-corrected chi connectivity index (χ1v) is 20.9. The van der Waals surface area contributed by atoms with Gasteiger partial charge in [-0.15, -0.1) is 0 Å². The van der Waals surface area contributed by atoms with E-state index in [4.69, 9.17) is 0 Å². The van der Waals surface area contributed by atoms with Crippen LogP contribution in [0.3, 0.4) is 0 Å². The summed E-state index contributed by atoms with van der Waals surface area (Å²) in [5.74, 6) is 0. The monoisotopic (exact) mass is 591 g/mol. The number of allylic oxidation sites excluding steroid dienone is 3. The van der Waals surface area contributed by atoms with Crippen molar-refractivity contribution in [2.75, 3.05) is 14.1 Å². The molecule has 0 spiro atoms. The van der Waals surface area contributed by atoms with Crippen LogP contribution in [0.1, 0.15) is 146 Å². The van der Waals surface area contributed by atoms with E-state index in [0.717, 1.165) is 22.6 Å². The molecule has 226 valence electrons. The molecule has 0 bridgehead atoms. The van der Waals surface area contributed by atoms with Gasteiger partial charge in [0.15, 0.2) is 0 Å². The fourth-order valence-electron chi connectivity index (χ4n) is 9.56. The molecule has 0 aromatic heterocycles. The Balaban J connectivity index is 1.41. The van der Waals surface area contributed by atoms with Gasteiger partial charge in [0, 0.05) is 0 Å². The Kier molecular flexibility index (Phi) is 11.2. The number of likely N-dealkylation sites (N-methyl/N-ethyl adjacent to an activating group) is 1. The highest BCUT2D eigenvalue weighted by Crippen LogP contribution is 2.64. The van der Waals surface area contributed by atoms with E-state index in [1.807, 2.05) is 16.2 Å². The summed E-state index contributed by atoms with van der Waals surface area (Å²) in [6.07, 6.45) is 36.2. The zero-order valence-electron chi connectivity index (χ0n) is 26.5. The van der Waals surface area contributed by atoms with Gasteiger partial charge in [-0.3, -0.25) is 4.90 Å². The second-order valence-corrected chi connectivity index (χ2v) is 19.9. The smallest absolute Gasteiger partial charge is 0.0574 e. The molecule has 0 N–H and O–H groups in total. The van der Waals surface area contributed by atoms with Crippen LogP contribution in [-0.4, -0.2) is 41.6 Å². The first-order valence-electron chi connectivity index (χ1n) is 17.9. The second kappa shape index (κ2) is 15.0. The van der Waals surface area contributed by atoms with Gasteiger partial charge in [-0.05, 0) is 116 Å². The van der Waals surface area contributed by atoms with Gasteiger partial charge in [-0.25, -0.2) is 0 Å². The minimum absolute atomic E-state index is 0.0628. The molecule has 0 aliphatic heterocycles. The number of nitrogens with zero attached hydrogens (tertiary/aromatic N) is 1. The van der Waals surface area contributed by atoms with Gasteiger partial charge >= 0.3 is 0 Å². The van der Waals surface area contributed by atoms with E-state index in [-0.39, 0.29) is 15.8 Å². The highest BCUT2D eigenvalue weighted by atomic mass is 31.1. The molecule has 1 aromatic carbocycles. The lowest BCUT2D eigenvalue weighted by molar-refractivity contribution is 0.335. The predicted octanol–water partition coefficient (Wildman–Crippen LogP) is 11.4. The lowest BCUT2D eigenvalue weighted by Gasteiger charge is -2.42. The highest BCUT2D eigenvalue weighted by Gasteiger charge is 2.39. The molecule has 0 saturated heterocycles. The Labute approximate surface area is 255 Å². The molecule has 4 saturated carbocycles. The minimum Gasteiger partial charge on any atom is -0.299 e. The van der Waals surface area contributed by atoms with Gasteiger partial charge in [0.25, 0.3) is 0 Å². The van der Waals surface area contributed by atoms with E-state index < -0.39 is 0 Å². The van der Waals surface area contributed by atoms with Gasteiger partial charge in [0.2, 0.25) is 0 Å². The SMILES string of the molecule is CN(C)[C@H](C1=C(P(C2CCCCC2)C2CCCCC2)C=CC1)c1ccccc1P(C1CCCCC1)C1CCCCC1. The summed E-state index contributed by atoms with van der Waals surface area (Å²) in [7, 11) is 4.63. The summed E-state index contributed by atoms with van der Waals surface area (Å²) in [6.45, 7) is 0. The molecule has 1 nitrogen and oxygen atoms in total.